The van der Waals surface area contributed by atoms with Crippen LogP contribution in [0.25, 0.3) is 22.7 Å². The molecule has 0 bridgehead atoms. The van der Waals surface area contributed by atoms with Crippen LogP contribution in [0.5, 0.6) is 0 Å². The van der Waals surface area contributed by atoms with Crippen LogP contribution in [0.2, 0.25) is 5.02 Å². The van der Waals surface area contributed by atoms with Gasteiger partial charge in [0.1, 0.15) is 0 Å². The van der Waals surface area contributed by atoms with Crippen molar-refractivity contribution in [2.24, 2.45) is 0 Å². The Bertz CT molecular complexity index is 755. The number of nitrogens with two attached hydrogens (primary N) is 1. The van der Waals surface area contributed by atoms with Crippen molar-refractivity contribution in [1.29, 1.82) is 0 Å². The van der Waals surface area contributed by atoms with Crippen LogP contribution >= 0.6 is 43.5 Å². The monoisotopic (exact) mass is 401 g/mol. The fourth-order valence-electron chi connectivity index (χ4n) is 1.65. The number of fused-ring (bicyclic) bond motifs is 1. The van der Waals surface area contributed by atoms with Crippen LogP contribution in [0.1, 0.15) is 0 Å². The molecule has 0 amide bonds. The highest BCUT2D eigenvalue weighted by atomic mass is 79.9. The number of oxazole rings is 1. The van der Waals surface area contributed by atoms with E-state index in [0.717, 1.165) is 0 Å². The van der Waals surface area contributed by atoms with Crippen molar-refractivity contribution in [3.05, 3.63) is 38.4 Å². The van der Waals surface area contributed by atoms with E-state index in [2.05, 4.69) is 41.8 Å². The highest BCUT2D eigenvalue weighted by molar-refractivity contribution is 9.11. The summed E-state index contributed by atoms with van der Waals surface area (Å²) in [5, 5.41) is 0.451. The van der Waals surface area contributed by atoms with E-state index in [1.54, 1.807) is 24.4 Å². The third-order valence-corrected chi connectivity index (χ3v) is 4.69. The van der Waals surface area contributed by atoms with E-state index in [1.165, 1.54) is 0 Å². The fraction of sp³-hybridized carbons (Fsp3) is 0. The number of halogens is 3. The first kappa shape index (κ1) is 12.9. The van der Waals surface area contributed by atoms with Crippen LogP contribution in [-0.4, -0.2) is 9.97 Å². The van der Waals surface area contributed by atoms with Gasteiger partial charge in [-0.2, -0.15) is 4.98 Å². The van der Waals surface area contributed by atoms with Gasteiger partial charge in [-0.1, -0.05) is 11.6 Å². The van der Waals surface area contributed by atoms with Crippen LogP contribution in [-0.2, 0) is 0 Å². The molecule has 7 heteroatoms. The van der Waals surface area contributed by atoms with E-state index in [0.29, 0.717) is 42.3 Å². The van der Waals surface area contributed by atoms with Gasteiger partial charge >= 0.3 is 0 Å². The van der Waals surface area contributed by atoms with Crippen molar-refractivity contribution < 1.29 is 4.42 Å². The molecule has 1 aromatic carbocycles. The average molecular weight is 403 g/mol. The van der Waals surface area contributed by atoms with Crippen LogP contribution in [0.4, 0.5) is 5.69 Å². The molecular weight excluding hydrogens is 397 g/mol. The van der Waals surface area contributed by atoms with Gasteiger partial charge in [0.15, 0.2) is 11.2 Å². The second-order valence-corrected chi connectivity index (χ2v) is 5.82. The van der Waals surface area contributed by atoms with Crippen molar-refractivity contribution in [2.45, 2.75) is 0 Å². The number of aromatic nitrogens is 2. The number of hydrogen-bond acceptors (Lipinski definition) is 4. The Balaban J connectivity index is 2.27. The second kappa shape index (κ2) is 4.77. The van der Waals surface area contributed by atoms with Crippen molar-refractivity contribution >= 4 is 60.4 Å². The van der Waals surface area contributed by atoms with Gasteiger partial charge in [-0.3, -0.25) is 0 Å². The minimum atomic E-state index is 0.403. The van der Waals surface area contributed by atoms with E-state index < -0.39 is 0 Å². The predicted octanol–water partition coefficient (Wildman–Crippen LogP) is 4.65. The molecule has 0 fully saturated rings. The van der Waals surface area contributed by atoms with Crippen molar-refractivity contribution in [3.8, 4) is 11.5 Å². The highest BCUT2D eigenvalue weighted by Gasteiger charge is 2.17. The molecule has 3 aromatic rings. The molecular formula is C12H6Br2ClN3O. The molecule has 19 heavy (non-hydrogen) atoms. The van der Waals surface area contributed by atoms with Crippen LogP contribution < -0.4 is 5.73 Å². The molecule has 0 aliphatic rings. The fourth-order valence-corrected chi connectivity index (χ4v) is 3.01. The summed E-state index contributed by atoms with van der Waals surface area (Å²) in [6.07, 6.45) is 1.66. The molecule has 4 nitrogen and oxygen atoms in total. The van der Waals surface area contributed by atoms with Crippen LogP contribution in [0, 0.1) is 0 Å². The zero-order chi connectivity index (χ0) is 13.6. The Hall–Kier alpha value is -1.11. The number of nitrogens with zero attached hydrogens (tertiary/aromatic N) is 2. The molecule has 3 rings (SSSR count). The van der Waals surface area contributed by atoms with Gasteiger partial charge < -0.3 is 10.2 Å². The summed E-state index contributed by atoms with van der Waals surface area (Å²) in [6.45, 7) is 0. The first-order chi connectivity index (χ1) is 9.08. The minimum Gasteiger partial charge on any atom is -0.434 e. The number of benzene rings is 1. The molecule has 0 saturated heterocycles. The van der Waals surface area contributed by atoms with E-state index in [1.807, 2.05) is 0 Å². The summed E-state index contributed by atoms with van der Waals surface area (Å²) in [5.74, 6) is 0.403. The van der Waals surface area contributed by atoms with Gasteiger partial charge in [0.05, 0.1) is 20.7 Å². The maximum atomic E-state index is 6.26. The molecule has 0 saturated carbocycles. The number of hydrogen-bond donors (Lipinski definition) is 1. The Morgan fingerprint density at radius 1 is 1.32 bits per heavy atom. The van der Waals surface area contributed by atoms with E-state index in [-0.39, 0.29) is 0 Å². The summed E-state index contributed by atoms with van der Waals surface area (Å²) < 4.78 is 6.97. The SMILES string of the molecule is Nc1c(Br)cc(-c2nc3ncccc3o2)c(Cl)c1Br. The van der Waals surface area contributed by atoms with E-state index in [4.69, 9.17) is 21.8 Å². The number of anilines is 1. The Morgan fingerprint density at radius 2 is 2.11 bits per heavy atom. The Morgan fingerprint density at radius 3 is 2.84 bits per heavy atom. The maximum absolute atomic E-state index is 6.26. The van der Waals surface area contributed by atoms with Gasteiger partial charge in [-0.15, -0.1) is 0 Å². The summed E-state index contributed by atoms with van der Waals surface area (Å²) in [5.41, 5.74) is 8.19. The third kappa shape index (κ3) is 2.13. The lowest BCUT2D eigenvalue weighted by atomic mass is 10.2. The quantitative estimate of drug-likeness (QED) is 0.474. The average Bonchev–Trinajstić information content (AvgIpc) is 2.84. The van der Waals surface area contributed by atoms with E-state index in [9.17, 15) is 0 Å². The Labute approximate surface area is 130 Å². The van der Waals surface area contributed by atoms with Gasteiger partial charge in [0.25, 0.3) is 0 Å². The molecule has 0 aliphatic carbocycles. The third-order valence-electron chi connectivity index (χ3n) is 2.59. The molecule has 96 valence electrons. The maximum Gasteiger partial charge on any atom is 0.230 e. The van der Waals surface area contributed by atoms with Gasteiger partial charge in [0, 0.05) is 10.7 Å². The standard InChI is InChI=1S/C12H6Br2ClN3O/c13-6-4-5(9(15)8(14)10(6)16)12-18-11-7(19-12)2-1-3-17-11/h1-4H,16H2. The molecule has 0 aliphatic heterocycles. The molecule has 0 spiro atoms. The summed E-state index contributed by atoms with van der Waals surface area (Å²) in [4.78, 5) is 8.43. The number of nitrogen functional groups attached to an aromatic ring is 1. The zero-order valence-corrected chi connectivity index (χ0v) is 13.3. The molecule has 0 atom stereocenters. The molecule has 2 N–H and O–H groups in total. The summed E-state index contributed by atoms with van der Waals surface area (Å²) in [7, 11) is 0. The minimum absolute atomic E-state index is 0.403. The number of pyridine rings is 1. The first-order valence-corrected chi connectivity index (χ1v) is 7.19. The Kier molecular flexibility index (Phi) is 3.24. The van der Waals surface area contributed by atoms with Crippen molar-refractivity contribution in [3.63, 3.8) is 0 Å². The smallest absolute Gasteiger partial charge is 0.230 e. The lowest BCUT2D eigenvalue weighted by Gasteiger charge is -2.07. The van der Waals surface area contributed by atoms with Crippen LogP contribution in [0.3, 0.4) is 0 Å². The topological polar surface area (TPSA) is 64.9 Å². The normalized spacial score (nSPS) is 11.1. The lowest BCUT2D eigenvalue weighted by Crippen LogP contribution is -1.91. The van der Waals surface area contributed by atoms with Gasteiger partial charge in [0.2, 0.25) is 5.89 Å². The summed E-state index contributed by atoms with van der Waals surface area (Å²) >= 11 is 13.0. The lowest BCUT2D eigenvalue weighted by molar-refractivity contribution is 0.619. The molecule has 2 aromatic heterocycles. The largest absolute Gasteiger partial charge is 0.434 e. The molecule has 0 unspecified atom stereocenters. The summed E-state index contributed by atoms with van der Waals surface area (Å²) in [6, 6.07) is 5.36. The number of rotatable bonds is 1. The van der Waals surface area contributed by atoms with Crippen LogP contribution in [0.15, 0.2) is 37.8 Å². The van der Waals surface area contributed by atoms with Crippen molar-refractivity contribution in [2.75, 3.05) is 5.73 Å². The molecule has 2 heterocycles. The van der Waals surface area contributed by atoms with Gasteiger partial charge in [-0.05, 0) is 50.1 Å². The van der Waals surface area contributed by atoms with E-state index >= 15 is 0 Å². The van der Waals surface area contributed by atoms with Crippen molar-refractivity contribution in [1.82, 2.24) is 9.97 Å². The predicted molar refractivity (Wildman–Crippen MR) is 82.1 cm³/mol. The molecule has 0 radical (unpaired) electrons. The highest BCUT2D eigenvalue weighted by Crippen LogP contribution is 2.41. The second-order valence-electron chi connectivity index (χ2n) is 3.79. The zero-order valence-electron chi connectivity index (χ0n) is 9.32. The van der Waals surface area contributed by atoms with Gasteiger partial charge in [-0.25, -0.2) is 4.98 Å². The first-order valence-electron chi connectivity index (χ1n) is 5.23.